The lowest BCUT2D eigenvalue weighted by atomic mass is 10.1. The normalized spacial score (nSPS) is 14.5. The quantitative estimate of drug-likeness (QED) is 0.650. The van der Waals surface area contributed by atoms with E-state index < -0.39 is 0 Å². The highest BCUT2D eigenvalue weighted by Gasteiger charge is 1.93. The highest BCUT2D eigenvalue weighted by Crippen LogP contribution is 2.03. The molecule has 0 amide bonds. The fraction of sp³-hybridized carbons (Fsp3) is 0.455. The van der Waals surface area contributed by atoms with Gasteiger partial charge in [-0.2, -0.15) is 0 Å². The van der Waals surface area contributed by atoms with Gasteiger partial charge >= 0.3 is 0 Å². The number of rotatable bonds is 4. The predicted octanol–water partition coefficient (Wildman–Crippen LogP) is 1.95. The van der Waals surface area contributed by atoms with Gasteiger partial charge in [-0.3, -0.25) is 0 Å². The second-order valence-corrected chi connectivity index (χ2v) is 3.29. The minimum atomic E-state index is 0.485. The molecule has 0 aliphatic heterocycles. The molecule has 0 bridgehead atoms. The number of hydrogen-bond donors (Lipinski definition) is 2. The maximum absolute atomic E-state index is 5.82. The van der Waals surface area contributed by atoms with Gasteiger partial charge in [-0.15, -0.1) is 0 Å². The maximum atomic E-state index is 5.82. The van der Waals surface area contributed by atoms with Crippen LogP contribution in [0.2, 0.25) is 0 Å². The molecule has 0 aromatic heterocycles. The molecular weight excluding hydrogens is 160 g/mol. The topological polar surface area (TPSA) is 52.0 Å². The lowest BCUT2D eigenvalue weighted by molar-refractivity contribution is 0.830. The van der Waals surface area contributed by atoms with E-state index in [1.54, 1.807) is 0 Å². The van der Waals surface area contributed by atoms with Crippen molar-refractivity contribution in [2.24, 2.45) is 17.4 Å². The second-order valence-electron chi connectivity index (χ2n) is 3.29. The first-order chi connectivity index (χ1) is 6.11. The first-order valence-corrected chi connectivity index (χ1v) is 4.61. The van der Waals surface area contributed by atoms with Crippen molar-refractivity contribution < 1.29 is 0 Å². The van der Waals surface area contributed by atoms with Crippen LogP contribution in [0.1, 0.15) is 20.8 Å². The summed E-state index contributed by atoms with van der Waals surface area (Å²) in [5.74, 6) is 0.517. The molecule has 0 atom stereocenters. The minimum Gasteiger partial charge on any atom is -0.398 e. The molecule has 0 aliphatic rings. The molecule has 13 heavy (non-hydrogen) atoms. The Bertz CT molecular complexity index is 222. The van der Waals surface area contributed by atoms with E-state index in [1.807, 2.05) is 25.2 Å². The van der Waals surface area contributed by atoms with Crippen molar-refractivity contribution in [3.8, 4) is 0 Å². The van der Waals surface area contributed by atoms with Gasteiger partial charge in [0.2, 0.25) is 0 Å². The van der Waals surface area contributed by atoms with Gasteiger partial charge in [0.05, 0.1) is 0 Å². The van der Waals surface area contributed by atoms with Gasteiger partial charge in [-0.1, -0.05) is 32.1 Å². The molecule has 0 saturated heterocycles. The molecular formula is C11H20N2. The lowest BCUT2D eigenvalue weighted by Crippen LogP contribution is -2.08. The zero-order valence-electron chi connectivity index (χ0n) is 8.75. The zero-order valence-corrected chi connectivity index (χ0v) is 8.75. The third kappa shape index (κ3) is 5.26. The molecule has 4 N–H and O–H groups in total. The molecule has 0 aliphatic carbocycles. The van der Waals surface area contributed by atoms with Crippen LogP contribution in [0.4, 0.5) is 0 Å². The number of nitrogens with two attached hydrogens (primary N) is 2. The summed E-state index contributed by atoms with van der Waals surface area (Å²) in [6.45, 7) is 6.66. The van der Waals surface area contributed by atoms with Crippen LogP contribution in [-0.4, -0.2) is 6.54 Å². The average molecular weight is 180 g/mol. The number of hydrogen-bond acceptors (Lipinski definition) is 2. The van der Waals surface area contributed by atoms with E-state index in [1.165, 1.54) is 0 Å². The van der Waals surface area contributed by atoms with Crippen LogP contribution < -0.4 is 11.5 Å². The summed E-state index contributed by atoms with van der Waals surface area (Å²) in [6.07, 6.45) is 7.87. The Balaban J connectivity index is 4.56. The molecule has 0 aromatic rings. The largest absolute Gasteiger partial charge is 0.398 e. The van der Waals surface area contributed by atoms with Crippen molar-refractivity contribution in [1.82, 2.24) is 0 Å². The molecule has 0 heterocycles. The van der Waals surface area contributed by atoms with Gasteiger partial charge in [0, 0.05) is 12.2 Å². The Morgan fingerprint density at radius 2 is 1.92 bits per heavy atom. The van der Waals surface area contributed by atoms with E-state index in [4.69, 9.17) is 11.5 Å². The van der Waals surface area contributed by atoms with E-state index in [2.05, 4.69) is 19.9 Å². The Kier molecular flexibility index (Phi) is 5.98. The first kappa shape index (κ1) is 12.0. The van der Waals surface area contributed by atoms with Gasteiger partial charge in [-0.05, 0) is 24.5 Å². The van der Waals surface area contributed by atoms with E-state index in [9.17, 15) is 0 Å². The molecule has 0 spiro atoms. The van der Waals surface area contributed by atoms with Crippen LogP contribution >= 0.6 is 0 Å². The van der Waals surface area contributed by atoms with Crippen LogP contribution in [-0.2, 0) is 0 Å². The summed E-state index contributed by atoms with van der Waals surface area (Å²) < 4.78 is 0. The molecule has 0 fully saturated rings. The molecule has 0 rings (SSSR count). The van der Waals surface area contributed by atoms with Gasteiger partial charge in [0.15, 0.2) is 0 Å². The Hall–Kier alpha value is -1.02. The standard InChI is InChI=1S/C11H20N2/c1-4-5-10(8-12)11(13)7-6-9(2)3/h4-7,9H,8,12-13H2,1-3H3/b5-4-,7-6-,11-10-. The molecule has 0 unspecified atom stereocenters. The second kappa shape index (κ2) is 6.49. The van der Waals surface area contributed by atoms with Crippen LogP contribution in [0, 0.1) is 5.92 Å². The molecule has 0 saturated carbocycles. The molecule has 74 valence electrons. The van der Waals surface area contributed by atoms with Crippen molar-refractivity contribution >= 4 is 0 Å². The van der Waals surface area contributed by atoms with Gasteiger partial charge < -0.3 is 11.5 Å². The summed E-state index contributed by atoms with van der Waals surface area (Å²) >= 11 is 0. The summed E-state index contributed by atoms with van der Waals surface area (Å²) in [6, 6.07) is 0. The molecule has 0 aromatic carbocycles. The molecule has 2 heteroatoms. The van der Waals surface area contributed by atoms with Crippen LogP contribution in [0.3, 0.4) is 0 Å². The van der Waals surface area contributed by atoms with E-state index >= 15 is 0 Å². The average Bonchev–Trinajstić information content (AvgIpc) is 2.10. The lowest BCUT2D eigenvalue weighted by Gasteiger charge is -2.01. The predicted molar refractivity (Wildman–Crippen MR) is 59.1 cm³/mol. The summed E-state index contributed by atoms with van der Waals surface area (Å²) in [7, 11) is 0. The maximum Gasteiger partial charge on any atom is 0.0356 e. The van der Waals surface area contributed by atoms with Crippen molar-refractivity contribution in [2.75, 3.05) is 6.54 Å². The third-order valence-corrected chi connectivity index (χ3v) is 1.62. The highest BCUT2D eigenvalue weighted by atomic mass is 14.6. The zero-order chi connectivity index (χ0) is 10.3. The molecule has 2 nitrogen and oxygen atoms in total. The minimum absolute atomic E-state index is 0.485. The highest BCUT2D eigenvalue weighted by molar-refractivity contribution is 5.31. The fourth-order valence-electron chi connectivity index (χ4n) is 0.886. The Morgan fingerprint density at radius 3 is 2.31 bits per heavy atom. The summed E-state index contributed by atoms with van der Waals surface area (Å²) in [5.41, 5.74) is 13.1. The Labute approximate surface area is 81.0 Å². The van der Waals surface area contributed by atoms with Crippen LogP contribution in [0.25, 0.3) is 0 Å². The van der Waals surface area contributed by atoms with Crippen molar-refractivity contribution in [3.05, 3.63) is 35.6 Å². The van der Waals surface area contributed by atoms with Gasteiger partial charge in [0.1, 0.15) is 0 Å². The first-order valence-electron chi connectivity index (χ1n) is 4.61. The van der Waals surface area contributed by atoms with E-state index in [0.29, 0.717) is 12.5 Å². The molecule has 0 radical (unpaired) electrons. The van der Waals surface area contributed by atoms with Gasteiger partial charge in [0.25, 0.3) is 0 Å². The summed E-state index contributed by atoms with van der Waals surface area (Å²) in [4.78, 5) is 0. The fourth-order valence-corrected chi connectivity index (χ4v) is 0.886. The third-order valence-electron chi connectivity index (χ3n) is 1.62. The van der Waals surface area contributed by atoms with E-state index in [0.717, 1.165) is 11.3 Å². The Morgan fingerprint density at radius 1 is 1.31 bits per heavy atom. The van der Waals surface area contributed by atoms with E-state index in [-0.39, 0.29) is 0 Å². The van der Waals surface area contributed by atoms with Gasteiger partial charge in [-0.25, -0.2) is 0 Å². The van der Waals surface area contributed by atoms with Crippen molar-refractivity contribution in [3.63, 3.8) is 0 Å². The summed E-state index contributed by atoms with van der Waals surface area (Å²) in [5, 5.41) is 0. The van der Waals surface area contributed by atoms with Crippen molar-refractivity contribution in [1.29, 1.82) is 0 Å². The van der Waals surface area contributed by atoms with Crippen molar-refractivity contribution in [2.45, 2.75) is 20.8 Å². The smallest absolute Gasteiger partial charge is 0.0356 e. The SMILES string of the molecule is C\C=C/C(CN)=C(N)\C=C/C(C)C. The van der Waals surface area contributed by atoms with Crippen LogP contribution in [0.15, 0.2) is 35.6 Å². The van der Waals surface area contributed by atoms with Crippen LogP contribution in [0.5, 0.6) is 0 Å². The number of allylic oxidation sites excluding steroid dienone is 3. The monoisotopic (exact) mass is 180 g/mol.